The summed E-state index contributed by atoms with van der Waals surface area (Å²) in [5.74, 6) is 3.29. The third kappa shape index (κ3) is 4.56. The molecule has 0 amide bonds. The Kier molecular flexibility index (Phi) is 6.82. The van der Waals surface area contributed by atoms with Gasteiger partial charge in [-0.15, -0.1) is 6.58 Å². The van der Waals surface area contributed by atoms with Gasteiger partial charge in [-0.05, 0) is 61.9 Å². The summed E-state index contributed by atoms with van der Waals surface area (Å²) in [6, 6.07) is 10.4. The highest BCUT2D eigenvalue weighted by atomic mass is 16.5. The monoisotopic (exact) mass is 515 g/mol. The third-order valence-electron chi connectivity index (χ3n) is 9.14. The molecule has 7 nitrogen and oxygen atoms in total. The number of quaternary nitrogens is 1. The Bertz CT molecular complexity index is 1330. The van der Waals surface area contributed by atoms with Crippen molar-refractivity contribution in [3.63, 3.8) is 0 Å². The van der Waals surface area contributed by atoms with Gasteiger partial charge in [0.25, 0.3) is 0 Å². The van der Waals surface area contributed by atoms with Gasteiger partial charge in [0.1, 0.15) is 36.0 Å². The summed E-state index contributed by atoms with van der Waals surface area (Å²) >= 11 is 0. The maximum atomic E-state index is 12.2. The van der Waals surface area contributed by atoms with Gasteiger partial charge in [-0.1, -0.05) is 6.08 Å². The van der Waals surface area contributed by atoms with Crippen molar-refractivity contribution in [2.45, 2.75) is 76.1 Å². The number of methoxy groups -OCH3 is 1. The Labute approximate surface area is 225 Å². The van der Waals surface area contributed by atoms with Gasteiger partial charge in [0.2, 0.25) is 5.88 Å². The number of aliphatic hydroxyl groups is 1. The van der Waals surface area contributed by atoms with Crippen LogP contribution in [-0.2, 0) is 6.54 Å². The summed E-state index contributed by atoms with van der Waals surface area (Å²) in [6.07, 6.45) is 9.85. The number of allylic oxidation sites excluding steroid dienone is 1. The molecule has 5 unspecified atom stereocenters. The molecule has 3 fully saturated rings. The van der Waals surface area contributed by atoms with Crippen LogP contribution in [0, 0.1) is 5.92 Å². The zero-order valence-corrected chi connectivity index (χ0v) is 22.6. The molecule has 3 aliphatic rings. The quantitative estimate of drug-likeness (QED) is 0.300. The summed E-state index contributed by atoms with van der Waals surface area (Å²) in [4.78, 5) is 14.3. The molecule has 1 aliphatic carbocycles. The first-order chi connectivity index (χ1) is 18.5. The lowest BCUT2D eigenvalue weighted by Gasteiger charge is -2.57. The molecule has 38 heavy (non-hydrogen) atoms. The van der Waals surface area contributed by atoms with Crippen LogP contribution in [0.25, 0.3) is 10.9 Å². The molecule has 7 heteroatoms. The fourth-order valence-corrected chi connectivity index (χ4v) is 6.85. The van der Waals surface area contributed by atoms with E-state index >= 15 is 0 Å². The molecule has 0 bridgehead atoms. The fourth-order valence-electron chi connectivity index (χ4n) is 6.85. The van der Waals surface area contributed by atoms with Crippen LogP contribution in [0.5, 0.6) is 11.6 Å². The molecule has 1 N–H and O–H groups in total. The van der Waals surface area contributed by atoms with Gasteiger partial charge in [0.15, 0.2) is 0 Å². The number of fused-ring (bicyclic) bond motifs is 2. The van der Waals surface area contributed by atoms with Crippen LogP contribution in [-0.4, -0.2) is 56.9 Å². The number of nitrogens with zero attached hydrogens (tertiary/aromatic N) is 4. The van der Waals surface area contributed by atoms with Gasteiger partial charge >= 0.3 is 0 Å². The lowest BCUT2D eigenvalue weighted by Crippen LogP contribution is -2.69. The number of aliphatic hydroxyl groups excluding tert-OH is 1. The Morgan fingerprint density at radius 3 is 2.71 bits per heavy atom. The second-order valence-corrected chi connectivity index (χ2v) is 11.3. The zero-order chi connectivity index (χ0) is 26.3. The fraction of sp³-hybridized carbons (Fsp3) is 0.516. The first-order valence-electron chi connectivity index (χ1n) is 14.1. The van der Waals surface area contributed by atoms with Gasteiger partial charge in [-0.2, -0.15) is 4.98 Å². The number of hydrogen-bond acceptors (Lipinski definition) is 6. The van der Waals surface area contributed by atoms with E-state index < -0.39 is 6.10 Å². The highest BCUT2D eigenvalue weighted by Gasteiger charge is 2.56. The van der Waals surface area contributed by atoms with Crippen molar-refractivity contribution in [2.24, 2.45) is 5.92 Å². The van der Waals surface area contributed by atoms with Crippen LogP contribution in [0.1, 0.15) is 74.6 Å². The van der Waals surface area contributed by atoms with Crippen LogP contribution < -0.4 is 9.47 Å². The topological polar surface area (TPSA) is 77.4 Å². The molecule has 2 aliphatic heterocycles. The van der Waals surface area contributed by atoms with Gasteiger partial charge in [-0.25, -0.2) is 4.98 Å². The molecule has 3 aromatic rings. The number of hydrogen-bond donors (Lipinski definition) is 1. The Hall–Kier alpha value is -3.03. The number of rotatable bonds is 9. The Balaban J connectivity index is 1.41. The SMILES string of the molecule is C=CC1CCC(C(O)c2ccnc3ccc(OC)cc23)[N+]2(Cc3cc(OCC)nc(C4CC4)n3)CCC2C1. The summed E-state index contributed by atoms with van der Waals surface area (Å²) in [7, 11) is 1.67. The average molecular weight is 516 g/mol. The molecule has 4 heterocycles. The summed E-state index contributed by atoms with van der Waals surface area (Å²) in [5.41, 5.74) is 2.83. The molecule has 5 atom stereocenters. The minimum atomic E-state index is -0.630. The maximum absolute atomic E-state index is 12.2. The molecular formula is C31H39N4O3+. The molecular weight excluding hydrogens is 476 g/mol. The summed E-state index contributed by atoms with van der Waals surface area (Å²) < 4.78 is 12.2. The molecule has 1 saturated carbocycles. The van der Waals surface area contributed by atoms with Gasteiger partial charge in [0, 0.05) is 42.8 Å². The Morgan fingerprint density at radius 1 is 1.13 bits per heavy atom. The van der Waals surface area contributed by atoms with Crippen molar-refractivity contribution in [1.82, 2.24) is 15.0 Å². The van der Waals surface area contributed by atoms with Gasteiger partial charge in [0.05, 0.1) is 31.8 Å². The van der Waals surface area contributed by atoms with E-state index in [-0.39, 0.29) is 6.04 Å². The smallest absolute Gasteiger partial charge is 0.217 e. The first kappa shape index (κ1) is 25.3. The maximum Gasteiger partial charge on any atom is 0.217 e. The lowest BCUT2D eigenvalue weighted by molar-refractivity contribution is -1.02. The predicted molar refractivity (Wildman–Crippen MR) is 147 cm³/mol. The van der Waals surface area contributed by atoms with Crippen molar-refractivity contribution in [3.8, 4) is 11.6 Å². The van der Waals surface area contributed by atoms with Gasteiger partial charge in [-0.3, -0.25) is 4.98 Å². The van der Waals surface area contributed by atoms with E-state index in [4.69, 9.17) is 19.4 Å². The van der Waals surface area contributed by atoms with Crippen molar-refractivity contribution >= 4 is 10.9 Å². The average Bonchev–Trinajstić information content (AvgIpc) is 3.78. The number of ether oxygens (including phenoxy) is 2. The van der Waals surface area contributed by atoms with Gasteiger partial charge < -0.3 is 19.1 Å². The predicted octanol–water partition coefficient (Wildman–Crippen LogP) is 5.49. The summed E-state index contributed by atoms with van der Waals surface area (Å²) in [6.45, 7) is 8.55. The highest BCUT2D eigenvalue weighted by Crippen LogP contribution is 2.48. The largest absolute Gasteiger partial charge is 0.497 e. The van der Waals surface area contributed by atoms with E-state index in [1.54, 1.807) is 7.11 Å². The van der Waals surface area contributed by atoms with Crippen molar-refractivity contribution in [2.75, 3.05) is 20.3 Å². The number of benzene rings is 1. The lowest BCUT2D eigenvalue weighted by atomic mass is 9.85. The first-order valence-corrected chi connectivity index (χ1v) is 14.1. The van der Waals surface area contributed by atoms with Crippen molar-refractivity contribution in [3.05, 3.63) is 66.3 Å². The van der Waals surface area contributed by atoms with Crippen LogP contribution in [0.2, 0.25) is 0 Å². The van der Waals surface area contributed by atoms with Crippen LogP contribution in [0.4, 0.5) is 0 Å². The Morgan fingerprint density at radius 2 is 2.00 bits per heavy atom. The highest BCUT2D eigenvalue weighted by molar-refractivity contribution is 5.83. The standard InChI is InChI=1S/C31H39N4O3/c1-4-20-6-11-28(30(36)25-12-14-32-27-10-9-24(37-3)18-26(25)27)35(15-13-23(35)16-20)19-22-17-29(38-5-2)34-31(33-22)21-7-8-21/h4,9-10,12,14,17-18,20-21,23,28,30,36H,1,5-8,11,13,15-16,19H2,2-3H3/q+1. The van der Waals surface area contributed by atoms with E-state index in [1.807, 2.05) is 43.5 Å². The van der Waals surface area contributed by atoms with Crippen molar-refractivity contribution in [1.29, 1.82) is 0 Å². The zero-order valence-electron chi connectivity index (χ0n) is 22.6. The summed E-state index contributed by atoms with van der Waals surface area (Å²) in [5, 5.41) is 13.1. The molecule has 6 rings (SSSR count). The second-order valence-electron chi connectivity index (χ2n) is 11.3. The van der Waals surface area contributed by atoms with Crippen molar-refractivity contribution < 1.29 is 19.1 Å². The third-order valence-corrected chi connectivity index (χ3v) is 9.14. The van der Waals surface area contributed by atoms with E-state index in [0.29, 0.717) is 30.4 Å². The molecule has 0 radical (unpaired) electrons. The van der Waals surface area contributed by atoms with E-state index in [0.717, 1.165) is 89.8 Å². The van der Waals surface area contributed by atoms with Crippen LogP contribution >= 0.6 is 0 Å². The van der Waals surface area contributed by atoms with E-state index in [2.05, 4.69) is 17.6 Å². The van der Waals surface area contributed by atoms with E-state index in [1.165, 1.54) is 0 Å². The minimum Gasteiger partial charge on any atom is -0.497 e. The molecule has 2 aromatic heterocycles. The number of aromatic nitrogens is 3. The van der Waals surface area contributed by atoms with Crippen LogP contribution in [0.15, 0.2) is 49.2 Å². The molecule has 200 valence electrons. The normalized spacial score (nSPS) is 27.6. The second kappa shape index (κ2) is 10.3. The van der Waals surface area contributed by atoms with E-state index in [9.17, 15) is 5.11 Å². The molecule has 2 saturated heterocycles. The van der Waals surface area contributed by atoms with Crippen LogP contribution in [0.3, 0.4) is 0 Å². The number of pyridine rings is 1. The molecule has 1 aromatic carbocycles. The minimum absolute atomic E-state index is 0.0467. The molecule has 0 spiro atoms.